The number of esters is 1. The number of carbonyl (C=O) groups is 2. The maximum atomic E-state index is 12.2. The summed E-state index contributed by atoms with van der Waals surface area (Å²) in [5.41, 5.74) is 1.26. The molecular formula is C15H16O5. The van der Waals surface area contributed by atoms with Gasteiger partial charge in [0, 0.05) is 5.56 Å². The van der Waals surface area contributed by atoms with Crippen LogP contribution in [0.4, 0.5) is 0 Å². The molecule has 0 radical (unpaired) electrons. The molecule has 1 aromatic rings. The fraction of sp³-hybridized carbons (Fsp3) is 0.333. The summed E-state index contributed by atoms with van der Waals surface area (Å²) < 4.78 is 15.3. The Bertz CT molecular complexity index is 562. The van der Waals surface area contributed by atoms with Crippen LogP contribution in [0.15, 0.2) is 24.8 Å². The van der Waals surface area contributed by atoms with Gasteiger partial charge in [0.25, 0.3) is 0 Å². The minimum atomic E-state index is -0.790. The van der Waals surface area contributed by atoms with Crippen LogP contribution in [0.2, 0.25) is 0 Å². The van der Waals surface area contributed by atoms with Crippen molar-refractivity contribution in [2.75, 3.05) is 20.8 Å². The van der Waals surface area contributed by atoms with Crippen LogP contribution in [-0.4, -0.2) is 32.6 Å². The molecule has 0 aromatic heterocycles. The van der Waals surface area contributed by atoms with E-state index in [9.17, 15) is 9.59 Å². The van der Waals surface area contributed by atoms with Crippen molar-refractivity contribution in [3.8, 4) is 11.5 Å². The molecule has 2 rings (SSSR count). The summed E-state index contributed by atoms with van der Waals surface area (Å²) in [4.78, 5) is 24.1. The Kier molecular flexibility index (Phi) is 4.08. The van der Waals surface area contributed by atoms with Gasteiger partial charge in [-0.05, 0) is 24.1 Å². The van der Waals surface area contributed by atoms with Gasteiger partial charge < -0.3 is 14.2 Å². The maximum absolute atomic E-state index is 12.2. The summed E-state index contributed by atoms with van der Waals surface area (Å²) in [5.74, 6) is -0.542. The molecule has 0 saturated carbocycles. The van der Waals surface area contributed by atoms with Crippen LogP contribution in [-0.2, 0) is 16.0 Å². The Balaban J connectivity index is 2.28. The maximum Gasteiger partial charge on any atom is 0.317 e. The van der Waals surface area contributed by atoms with E-state index in [1.54, 1.807) is 12.1 Å². The van der Waals surface area contributed by atoms with E-state index < -0.39 is 11.9 Å². The molecule has 0 saturated heterocycles. The molecule has 106 valence electrons. The Labute approximate surface area is 117 Å². The van der Waals surface area contributed by atoms with Crippen molar-refractivity contribution in [3.63, 3.8) is 0 Å². The summed E-state index contributed by atoms with van der Waals surface area (Å²) in [6, 6.07) is 3.34. The van der Waals surface area contributed by atoms with E-state index in [1.807, 2.05) is 0 Å². The van der Waals surface area contributed by atoms with Crippen LogP contribution in [0.5, 0.6) is 11.5 Å². The molecule has 20 heavy (non-hydrogen) atoms. The largest absolute Gasteiger partial charge is 0.493 e. The zero-order valence-corrected chi connectivity index (χ0v) is 11.5. The van der Waals surface area contributed by atoms with E-state index in [-0.39, 0.29) is 12.4 Å². The summed E-state index contributed by atoms with van der Waals surface area (Å²) in [6.07, 6.45) is 1.79. The summed E-state index contributed by atoms with van der Waals surface area (Å²) >= 11 is 0. The van der Waals surface area contributed by atoms with Crippen LogP contribution in [0.1, 0.15) is 15.9 Å². The number of ketones is 1. The predicted molar refractivity (Wildman–Crippen MR) is 72.2 cm³/mol. The van der Waals surface area contributed by atoms with Crippen LogP contribution in [0, 0.1) is 5.92 Å². The monoisotopic (exact) mass is 276 g/mol. The second-order valence-electron chi connectivity index (χ2n) is 4.40. The average Bonchev–Trinajstić information content (AvgIpc) is 2.79. The first-order valence-corrected chi connectivity index (χ1v) is 6.19. The fourth-order valence-electron chi connectivity index (χ4n) is 2.25. The molecule has 1 aliphatic rings. The van der Waals surface area contributed by atoms with Gasteiger partial charge in [0.15, 0.2) is 17.3 Å². The molecule has 5 nitrogen and oxygen atoms in total. The number of hydrogen-bond donors (Lipinski definition) is 0. The quantitative estimate of drug-likeness (QED) is 0.466. The predicted octanol–water partition coefficient (Wildman–Crippen LogP) is 1.79. The number of benzene rings is 1. The highest BCUT2D eigenvalue weighted by Crippen LogP contribution is 2.36. The fourth-order valence-corrected chi connectivity index (χ4v) is 2.25. The number of rotatable bonds is 5. The smallest absolute Gasteiger partial charge is 0.317 e. The molecule has 0 amide bonds. The SMILES string of the molecule is C=CCOC(=O)C1Cc2cc(OC)c(OC)cc2C1=O. The normalized spacial score (nSPS) is 16.5. The van der Waals surface area contributed by atoms with E-state index in [1.165, 1.54) is 20.3 Å². The lowest BCUT2D eigenvalue weighted by Crippen LogP contribution is -2.23. The molecular weight excluding hydrogens is 260 g/mol. The van der Waals surface area contributed by atoms with Crippen molar-refractivity contribution in [1.29, 1.82) is 0 Å². The zero-order valence-electron chi connectivity index (χ0n) is 11.5. The van der Waals surface area contributed by atoms with Crippen molar-refractivity contribution in [2.45, 2.75) is 6.42 Å². The number of ether oxygens (including phenoxy) is 3. The highest BCUT2D eigenvalue weighted by atomic mass is 16.5. The number of Topliss-reactive ketones (excluding diaryl/α,β-unsaturated/α-hetero) is 1. The molecule has 0 bridgehead atoms. The molecule has 0 N–H and O–H groups in total. The van der Waals surface area contributed by atoms with Crippen molar-refractivity contribution >= 4 is 11.8 Å². The minimum Gasteiger partial charge on any atom is -0.493 e. The van der Waals surface area contributed by atoms with E-state index in [2.05, 4.69) is 6.58 Å². The van der Waals surface area contributed by atoms with Gasteiger partial charge >= 0.3 is 5.97 Å². The van der Waals surface area contributed by atoms with E-state index in [0.29, 0.717) is 23.5 Å². The molecule has 0 aliphatic heterocycles. The van der Waals surface area contributed by atoms with Gasteiger partial charge in [-0.1, -0.05) is 12.7 Å². The van der Waals surface area contributed by atoms with E-state index >= 15 is 0 Å². The van der Waals surface area contributed by atoms with Crippen molar-refractivity contribution < 1.29 is 23.8 Å². The molecule has 1 unspecified atom stereocenters. The second kappa shape index (κ2) is 5.77. The average molecular weight is 276 g/mol. The Morgan fingerprint density at radius 3 is 2.60 bits per heavy atom. The lowest BCUT2D eigenvalue weighted by atomic mass is 10.1. The van der Waals surface area contributed by atoms with Gasteiger partial charge in [-0.2, -0.15) is 0 Å². The Morgan fingerprint density at radius 2 is 2.00 bits per heavy atom. The van der Waals surface area contributed by atoms with E-state index in [4.69, 9.17) is 14.2 Å². The Morgan fingerprint density at radius 1 is 1.35 bits per heavy atom. The van der Waals surface area contributed by atoms with Gasteiger partial charge in [0.05, 0.1) is 14.2 Å². The number of carbonyl (C=O) groups excluding carboxylic acids is 2. The van der Waals surface area contributed by atoms with Gasteiger partial charge in [-0.25, -0.2) is 0 Å². The molecule has 5 heteroatoms. The van der Waals surface area contributed by atoms with Gasteiger partial charge in [0.1, 0.15) is 12.5 Å². The van der Waals surface area contributed by atoms with Crippen LogP contribution >= 0.6 is 0 Å². The number of fused-ring (bicyclic) bond motifs is 1. The first kappa shape index (κ1) is 14.1. The number of hydrogen-bond acceptors (Lipinski definition) is 5. The first-order chi connectivity index (χ1) is 9.62. The lowest BCUT2D eigenvalue weighted by molar-refractivity contribution is -0.145. The molecule has 0 heterocycles. The highest BCUT2D eigenvalue weighted by molar-refractivity contribution is 6.12. The standard InChI is InChI=1S/C15H16O5/c1-4-5-20-15(17)11-6-9-7-12(18-2)13(19-3)8-10(9)14(11)16/h4,7-8,11H,1,5-6H2,2-3H3. The Hall–Kier alpha value is -2.30. The summed E-state index contributed by atoms with van der Waals surface area (Å²) in [5, 5.41) is 0. The second-order valence-corrected chi connectivity index (χ2v) is 4.40. The van der Waals surface area contributed by atoms with Gasteiger partial charge in [-0.3, -0.25) is 9.59 Å². The summed E-state index contributed by atoms with van der Waals surface area (Å²) in [6.45, 7) is 3.57. The zero-order chi connectivity index (χ0) is 14.7. The highest BCUT2D eigenvalue weighted by Gasteiger charge is 2.37. The molecule has 0 fully saturated rings. The van der Waals surface area contributed by atoms with Crippen LogP contribution in [0.25, 0.3) is 0 Å². The van der Waals surface area contributed by atoms with Crippen molar-refractivity contribution in [2.24, 2.45) is 5.92 Å². The third-order valence-electron chi connectivity index (χ3n) is 3.24. The van der Waals surface area contributed by atoms with Gasteiger partial charge in [0.2, 0.25) is 0 Å². The third kappa shape index (κ3) is 2.39. The molecule has 1 atom stereocenters. The molecule has 1 aromatic carbocycles. The molecule has 0 spiro atoms. The van der Waals surface area contributed by atoms with Gasteiger partial charge in [-0.15, -0.1) is 0 Å². The molecule has 1 aliphatic carbocycles. The number of methoxy groups -OCH3 is 2. The third-order valence-corrected chi connectivity index (χ3v) is 3.24. The first-order valence-electron chi connectivity index (χ1n) is 6.19. The lowest BCUT2D eigenvalue weighted by Gasteiger charge is -2.09. The van der Waals surface area contributed by atoms with Crippen LogP contribution in [0.3, 0.4) is 0 Å². The topological polar surface area (TPSA) is 61.8 Å². The van der Waals surface area contributed by atoms with Crippen molar-refractivity contribution in [1.82, 2.24) is 0 Å². The minimum absolute atomic E-state index is 0.103. The van der Waals surface area contributed by atoms with Crippen LogP contribution < -0.4 is 9.47 Å². The van der Waals surface area contributed by atoms with E-state index in [0.717, 1.165) is 5.56 Å². The van der Waals surface area contributed by atoms with Crippen molar-refractivity contribution in [3.05, 3.63) is 35.9 Å². The summed E-state index contributed by atoms with van der Waals surface area (Å²) in [7, 11) is 3.02.